The first-order valence-electron chi connectivity index (χ1n) is 10.8. The van der Waals surface area contributed by atoms with Crippen LogP contribution in [0, 0.1) is 0 Å². The molecule has 0 spiro atoms. The minimum absolute atomic E-state index is 0.0612. The fraction of sp³-hybridized carbons (Fsp3) is 0.348. The van der Waals surface area contributed by atoms with Gasteiger partial charge in [-0.05, 0) is 56.0 Å². The minimum atomic E-state index is -0.313. The zero-order valence-electron chi connectivity index (χ0n) is 18.4. The van der Waals surface area contributed by atoms with Crippen molar-refractivity contribution < 1.29 is 4.79 Å². The van der Waals surface area contributed by atoms with Crippen molar-refractivity contribution in [1.29, 1.82) is 0 Å². The lowest BCUT2D eigenvalue weighted by Gasteiger charge is -2.31. The highest BCUT2D eigenvalue weighted by molar-refractivity contribution is 7.82. The van der Waals surface area contributed by atoms with Crippen molar-refractivity contribution in [3.05, 3.63) is 52.5 Å². The summed E-state index contributed by atoms with van der Waals surface area (Å²) in [6, 6.07) is 12.9. The number of hydrogen-bond donors (Lipinski definition) is 3. The van der Waals surface area contributed by atoms with E-state index < -0.39 is 0 Å². The summed E-state index contributed by atoms with van der Waals surface area (Å²) in [5.41, 5.74) is 1.40. The van der Waals surface area contributed by atoms with Crippen LogP contribution >= 0.6 is 36.0 Å². The van der Waals surface area contributed by atoms with E-state index in [1.165, 1.54) is 4.31 Å². The molecular weight excluding hydrogens is 479 g/mol. The molecule has 10 heteroatoms. The number of halogens is 2. The molecule has 2 N–H and O–H groups in total. The first kappa shape index (κ1) is 23.7. The first-order valence-corrected chi connectivity index (χ1v) is 11.9. The van der Waals surface area contributed by atoms with Crippen molar-refractivity contribution in [2.45, 2.75) is 37.8 Å². The van der Waals surface area contributed by atoms with E-state index in [0.717, 1.165) is 42.4 Å². The quantitative estimate of drug-likeness (QED) is 0.383. The van der Waals surface area contributed by atoms with Gasteiger partial charge in [0, 0.05) is 36.6 Å². The number of nitrogens with zero attached hydrogens (tertiary/aromatic N) is 4. The summed E-state index contributed by atoms with van der Waals surface area (Å²) in [7, 11) is 3.96. The average Bonchev–Trinajstić information content (AvgIpc) is 2.79. The van der Waals surface area contributed by atoms with Crippen LogP contribution < -0.4 is 19.8 Å². The molecule has 3 aromatic rings. The molecule has 1 aliphatic carbocycles. The second-order valence-electron chi connectivity index (χ2n) is 8.33. The molecule has 0 aliphatic heterocycles. The van der Waals surface area contributed by atoms with E-state index in [4.69, 9.17) is 33.2 Å². The molecule has 4 rings (SSSR count). The normalized spacial score (nSPS) is 18.1. The Morgan fingerprint density at radius 3 is 2.42 bits per heavy atom. The van der Waals surface area contributed by atoms with Crippen molar-refractivity contribution in [2.24, 2.45) is 0 Å². The lowest BCUT2D eigenvalue weighted by Crippen LogP contribution is -2.44. The Kier molecular flexibility index (Phi) is 7.36. The minimum Gasteiger partial charge on any atom is -0.362 e. The number of nitrogens with one attached hydrogen (secondary N) is 2. The number of amides is 2. The second kappa shape index (κ2) is 10.2. The van der Waals surface area contributed by atoms with Crippen LogP contribution in [0.1, 0.15) is 25.7 Å². The fourth-order valence-electron chi connectivity index (χ4n) is 4.03. The van der Waals surface area contributed by atoms with Gasteiger partial charge in [-0.3, -0.25) is 0 Å². The van der Waals surface area contributed by atoms with E-state index in [0.29, 0.717) is 21.7 Å². The predicted molar refractivity (Wildman–Crippen MR) is 140 cm³/mol. The zero-order chi connectivity index (χ0) is 23.5. The monoisotopic (exact) mass is 504 g/mol. The van der Waals surface area contributed by atoms with Gasteiger partial charge in [-0.1, -0.05) is 48.1 Å². The van der Waals surface area contributed by atoms with Crippen LogP contribution in [0.3, 0.4) is 0 Å². The molecule has 174 valence electrons. The van der Waals surface area contributed by atoms with Gasteiger partial charge in [-0.15, -0.1) is 0 Å². The Morgan fingerprint density at radius 1 is 1.03 bits per heavy atom. The molecule has 33 heavy (non-hydrogen) atoms. The number of hydrogen-bond acceptors (Lipinski definition) is 6. The Bertz CT molecular complexity index is 1150. The van der Waals surface area contributed by atoms with Gasteiger partial charge in [0.2, 0.25) is 5.95 Å². The largest absolute Gasteiger partial charge is 0.362 e. The number of urea groups is 1. The first-order chi connectivity index (χ1) is 15.8. The molecule has 0 radical (unpaired) electrons. The van der Waals surface area contributed by atoms with Crippen LogP contribution in [0.4, 0.5) is 22.2 Å². The maximum atomic E-state index is 12.7. The molecule has 0 atom stereocenters. The van der Waals surface area contributed by atoms with E-state index in [-0.39, 0.29) is 18.1 Å². The number of thiol groups is 1. The summed E-state index contributed by atoms with van der Waals surface area (Å²) >= 11 is 16.4. The highest BCUT2D eigenvalue weighted by Crippen LogP contribution is 2.31. The summed E-state index contributed by atoms with van der Waals surface area (Å²) in [5.74, 6) is 1.52. The molecule has 0 unspecified atom stereocenters. The molecule has 0 saturated heterocycles. The van der Waals surface area contributed by atoms with Crippen molar-refractivity contribution in [3.63, 3.8) is 0 Å². The van der Waals surface area contributed by atoms with Gasteiger partial charge < -0.3 is 15.5 Å². The van der Waals surface area contributed by atoms with Gasteiger partial charge in [-0.25, -0.2) is 14.1 Å². The molecule has 7 nitrogen and oxygen atoms in total. The second-order valence-corrected chi connectivity index (χ2v) is 9.58. The van der Waals surface area contributed by atoms with Gasteiger partial charge in [0.25, 0.3) is 0 Å². The van der Waals surface area contributed by atoms with Crippen molar-refractivity contribution >= 4 is 70.4 Å². The number of anilines is 3. The van der Waals surface area contributed by atoms with Gasteiger partial charge >= 0.3 is 6.03 Å². The number of rotatable bonds is 5. The third kappa shape index (κ3) is 5.57. The Labute approximate surface area is 209 Å². The summed E-state index contributed by atoms with van der Waals surface area (Å²) in [4.78, 5) is 24.1. The van der Waals surface area contributed by atoms with Crippen LogP contribution in [-0.4, -0.2) is 42.2 Å². The zero-order valence-corrected chi connectivity index (χ0v) is 20.8. The van der Waals surface area contributed by atoms with Crippen molar-refractivity contribution in [3.8, 4) is 0 Å². The third-order valence-electron chi connectivity index (χ3n) is 5.73. The molecule has 1 fully saturated rings. The van der Waals surface area contributed by atoms with Gasteiger partial charge in [0.05, 0.1) is 16.2 Å². The van der Waals surface area contributed by atoms with Crippen LogP contribution in [-0.2, 0) is 0 Å². The summed E-state index contributed by atoms with van der Waals surface area (Å²) in [6.07, 6.45) is 3.47. The van der Waals surface area contributed by atoms with Gasteiger partial charge in [-0.2, -0.15) is 4.98 Å². The standard InChI is InChI=1S/C23H26Cl2N6OS/c1-30(2)21-17-5-3-4-6-19(17)28-22(29-21)26-15-8-10-16(11-9-15)27-23(32)31(33)20-12-7-14(24)13-18(20)25/h3-7,12-13,15-16,33H,8-11H2,1-2H3,(H,27,32)(H,26,28,29). The van der Waals surface area contributed by atoms with E-state index in [1.54, 1.807) is 18.2 Å². The summed E-state index contributed by atoms with van der Waals surface area (Å²) in [6.45, 7) is 0. The molecule has 0 bridgehead atoms. The number of fused-ring (bicyclic) bond motifs is 1. The molecular formula is C23H26Cl2N6OS. The number of para-hydroxylation sites is 1. The topological polar surface area (TPSA) is 73.4 Å². The Hall–Kier alpha value is -2.42. The van der Waals surface area contributed by atoms with Crippen LogP contribution in [0.25, 0.3) is 10.9 Å². The molecule has 1 aliphatic rings. The van der Waals surface area contributed by atoms with Gasteiger partial charge in [0.1, 0.15) is 5.82 Å². The predicted octanol–water partition coefficient (Wildman–Crippen LogP) is 5.79. The van der Waals surface area contributed by atoms with Crippen LogP contribution in [0.2, 0.25) is 10.0 Å². The van der Waals surface area contributed by atoms with E-state index in [1.807, 2.05) is 43.3 Å². The van der Waals surface area contributed by atoms with Crippen molar-refractivity contribution in [2.75, 3.05) is 28.6 Å². The lowest BCUT2D eigenvalue weighted by atomic mass is 9.91. The number of carbonyl (C=O) groups excluding carboxylic acids is 1. The molecule has 2 amide bonds. The van der Waals surface area contributed by atoms with E-state index in [9.17, 15) is 4.79 Å². The number of carbonyl (C=O) groups is 1. The Morgan fingerprint density at radius 2 is 1.73 bits per heavy atom. The lowest BCUT2D eigenvalue weighted by molar-refractivity contribution is 0.241. The summed E-state index contributed by atoms with van der Waals surface area (Å²) < 4.78 is 1.22. The van der Waals surface area contributed by atoms with Crippen LogP contribution in [0.15, 0.2) is 42.5 Å². The van der Waals surface area contributed by atoms with E-state index in [2.05, 4.69) is 23.4 Å². The average molecular weight is 505 g/mol. The Balaban J connectivity index is 1.35. The summed E-state index contributed by atoms with van der Waals surface area (Å²) in [5, 5.41) is 8.43. The number of aromatic nitrogens is 2. The molecule has 1 saturated carbocycles. The molecule has 2 aromatic carbocycles. The smallest absolute Gasteiger partial charge is 0.332 e. The molecule has 1 aromatic heterocycles. The SMILES string of the molecule is CN(C)c1nc(NC2CCC(NC(=O)N(S)c3ccc(Cl)cc3Cl)CC2)nc2ccccc12. The van der Waals surface area contributed by atoms with Crippen molar-refractivity contribution in [1.82, 2.24) is 15.3 Å². The van der Waals surface area contributed by atoms with Gasteiger partial charge in [0.15, 0.2) is 0 Å². The van der Waals surface area contributed by atoms with E-state index >= 15 is 0 Å². The third-order valence-corrected chi connectivity index (χ3v) is 6.66. The molecule has 1 heterocycles. The van der Waals surface area contributed by atoms with Crippen LogP contribution in [0.5, 0.6) is 0 Å². The highest BCUT2D eigenvalue weighted by Gasteiger charge is 2.25. The maximum absolute atomic E-state index is 12.7. The number of benzene rings is 2. The highest BCUT2D eigenvalue weighted by atomic mass is 35.5. The fourth-order valence-corrected chi connectivity index (χ4v) is 4.81. The maximum Gasteiger partial charge on any atom is 0.332 e.